The van der Waals surface area contributed by atoms with Gasteiger partial charge in [0, 0.05) is 6.07 Å². The lowest BCUT2D eigenvalue weighted by molar-refractivity contribution is 0.327. The van der Waals surface area contributed by atoms with E-state index in [1.807, 2.05) is 13.0 Å². The lowest BCUT2D eigenvalue weighted by Gasteiger charge is -2.09. The minimum atomic E-state index is 0.490. The van der Waals surface area contributed by atoms with Crippen molar-refractivity contribution in [3.05, 3.63) is 30.6 Å². The first-order chi connectivity index (χ1) is 8.69. The molecule has 0 unspecified atom stereocenters. The van der Waals surface area contributed by atoms with Crippen LogP contribution in [0.4, 0.5) is 22.9 Å². The molecule has 0 saturated heterocycles. The van der Waals surface area contributed by atoms with Gasteiger partial charge in [-0.1, -0.05) is 0 Å². The summed E-state index contributed by atoms with van der Waals surface area (Å²) in [5, 5.41) is 3.06. The Bertz CT molecular complexity index is 526. The van der Waals surface area contributed by atoms with Crippen molar-refractivity contribution in [3.63, 3.8) is 0 Å². The Morgan fingerprint density at radius 3 is 2.67 bits per heavy atom. The molecule has 0 amide bonds. The topological polar surface area (TPSA) is 99.1 Å². The highest BCUT2D eigenvalue weighted by Crippen LogP contribution is 2.22. The van der Waals surface area contributed by atoms with Crippen LogP contribution in [0, 0.1) is 0 Å². The van der Waals surface area contributed by atoms with E-state index in [9.17, 15) is 0 Å². The molecule has 0 aliphatic carbocycles. The second-order valence-corrected chi connectivity index (χ2v) is 3.65. The van der Waals surface area contributed by atoms with Gasteiger partial charge in [0.1, 0.15) is 0 Å². The summed E-state index contributed by atoms with van der Waals surface area (Å²) in [7, 11) is 0. The molecular formula is C12H15N5O. The van der Waals surface area contributed by atoms with Gasteiger partial charge in [0.05, 0.1) is 36.1 Å². The van der Waals surface area contributed by atoms with Crippen LogP contribution in [-0.2, 0) is 0 Å². The highest BCUT2D eigenvalue weighted by molar-refractivity contribution is 5.70. The van der Waals surface area contributed by atoms with Crippen molar-refractivity contribution in [1.29, 1.82) is 0 Å². The highest BCUT2D eigenvalue weighted by Gasteiger charge is 2.02. The fourth-order valence-electron chi connectivity index (χ4n) is 1.43. The van der Waals surface area contributed by atoms with Gasteiger partial charge in [-0.05, 0) is 19.1 Å². The zero-order valence-electron chi connectivity index (χ0n) is 10.1. The third kappa shape index (κ3) is 2.79. The van der Waals surface area contributed by atoms with Gasteiger partial charge in [-0.25, -0.2) is 9.97 Å². The third-order valence-electron chi connectivity index (χ3n) is 2.23. The van der Waals surface area contributed by atoms with Crippen molar-refractivity contribution in [2.45, 2.75) is 6.92 Å². The average Bonchev–Trinajstić information content (AvgIpc) is 2.35. The van der Waals surface area contributed by atoms with E-state index >= 15 is 0 Å². The highest BCUT2D eigenvalue weighted by atomic mass is 16.5. The fourth-order valence-corrected chi connectivity index (χ4v) is 1.43. The van der Waals surface area contributed by atoms with E-state index in [4.69, 9.17) is 16.2 Å². The molecule has 0 bridgehead atoms. The van der Waals surface area contributed by atoms with Gasteiger partial charge in [-0.15, -0.1) is 0 Å². The number of pyridine rings is 2. The van der Waals surface area contributed by atoms with Gasteiger partial charge in [0.15, 0.2) is 5.82 Å². The molecule has 6 heteroatoms. The number of nitrogen functional groups attached to an aromatic ring is 2. The van der Waals surface area contributed by atoms with Gasteiger partial charge in [-0.3, -0.25) is 0 Å². The number of nitrogens with two attached hydrogens (primary N) is 2. The van der Waals surface area contributed by atoms with Gasteiger partial charge < -0.3 is 21.5 Å². The SMILES string of the molecule is CCOc1ccc(Nc2ncc(N)cc2N)cn1. The maximum atomic E-state index is 5.80. The first kappa shape index (κ1) is 12.0. The minimum Gasteiger partial charge on any atom is -0.478 e. The molecule has 94 valence electrons. The molecule has 0 fully saturated rings. The normalized spacial score (nSPS) is 10.1. The zero-order valence-corrected chi connectivity index (χ0v) is 10.1. The Hall–Kier alpha value is -2.50. The molecule has 2 heterocycles. The van der Waals surface area contributed by atoms with Crippen LogP contribution in [-0.4, -0.2) is 16.6 Å². The maximum absolute atomic E-state index is 5.80. The molecule has 0 radical (unpaired) electrons. The fraction of sp³-hybridized carbons (Fsp3) is 0.167. The maximum Gasteiger partial charge on any atom is 0.213 e. The molecule has 6 nitrogen and oxygen atoms in total. The Kier molecular flexibility index (Phi) is 3.47. The van der Waals surface area contributed by atoms with E-state index in [1.165, 1.54) is 0 Å². The number of rotatable bonds is 4. The van der Waals surface area contributed by atoms with Crippen LogP contribution in [0.15, 0.2) is 30.6 Å². The lowest BCUT2D eigenvalue weighted by Crippen LogP contribution is -2.01. The Morgan fingerprint density at radius 2 is 2.06 bits per heavy atom. The van der Waals surface area contributed by atoms with Gasteiger partial charge in [0.25, 0.3) is 0 Å². The minimum absolute atomic E-state index is 0.490. The molecule has 0 aliphatic rings. The van der Waals surface area contributed by atoms with Crippen LogP contribution in [0.5, 0.6) is 5.88 Å². The number of hydrogen-bond donors (Lipinski definition) is 3. The van der Waals surface area contributed by atoms with Gasteiger partial charge >= 0.3 is 0 Å². The molecule has 5 N–H and O–H groups in total. The van der Waals surface area contributed by atoms with E-state index in [0.29, 0.717) is 29.7 Å². The van der Waals surface area contributed by atoms with Gasteiger partial charge in [0.2, 0.25) is 5.88 Å². The van der Waals surface area contributed by atoms with E-state index in [1.54, 1.807) is 24.5 Å². The second-order valence-electron chi connectivity index (χ2n) is 3.65. The largest absolute Gasteiger partial charge is 0.478 e. The quantitative estimate of drug-likeness (QED) is 0.759. The van der Waals surface area contributed by atoms with Crippen LogP contribution >= 0.6 is 0 Å². The van der Waals surface area contributed by atoms with Crippen LogP contribution in [0.3, 0.4) is 0 Å². The summed E-state index contributed by atoms with van der Waals surface area (Å²) in [5.74, 6) is 1.14. The predicted octanol–water partition coefficient (Wildman–Crippen LogP) is 1.78. The number of ether oxygens (including phenoxy) is 1. The number of anilines is 4. The average molecular weight is 245 g/mol. The van der Waals surface area contributed by atoms with E-state index in [0.717, 1.165) is 5.69 Å². The van der Waals surface area contributed by atoms with Crippen molar-refractivity contribution in [2.75, 3.05) is 23.4 Å². The summed E-state index contributed by atoms with van der Waals surface area (Å²) in [6, 6.07) is 5.27. The summed E-state index contributed by atoms with van der Waals surface area (Å²) >= 11 is 0. The van der Waals surface area contributed by atoms with Crippen molar-refractivity contribution < 1.29 is 4.74 Å². The summed E-state index contributed by atoms with van der Waals surface area (Å²) in [4.78, 5) is 8.25. The Labute approximate surface area is 105 Å². The number of nitrogens with one attached hydrogen (secondary N) is 1. The molecule has 0 atom stereocenters. The second kappa shape index (κ2) is 5.22. The number of hydrogen-bond acceptors (Lipinski definition) is 6. The van der Waals surface area contributed by atoms with Crippen molar-refractivity contribution in [3.8, 4) is 5.88 Å². The summed E-state index contributed by atoms with van der Waals surface area (Å²) in [6.07, 6.45) is 3.20. The molecule has 2 aromatic rings. The Balaban J connectivity index is 2.13. The molecule has 0 aromatic carbocycles. The monoisotopic (exact) mass is 245 g/mol. The van der Waals surface area contributed by atoms with Crippen LogP contribution in [0.2, 0.25) is 0 Å². The number of nitrogens with zero attached hydrogens (tertiary/aromatic N) is 2. The van der Waals surface area contributed by atoms with Gasteiger partial charge in [-0.2, -0.15) is 0 Å². The molecule has 0 spiro atoms. The lowest BCUT2D eigenvalue weighted by atomic mass is 10.3. The van der Waals surface area contributed by atoms with Crippen molar-refractivity contribution >= 4 is 22.9 Å². The Morgan fingerprint density at radius 1 is 1.22 bits per heavy atom. The van der Waals surface area contributed by atoms with Crippen molar-refractivity contribution in [1.82, 2.24) is 9.97 Å². The molecule has 2 rings (SSSR count). The number of aromatic nitrogens is 2. The predicted molar refractivity (Wildman–Crippen MR) is 71.8 cm³/mol. The summed E-state index contributed by atoms with van der Waals surface area (Å²) in [6.45, 7) is 2.50. The molecule has 18 heavy (non-hydrogen) atoms. The van der Waals surface area contributed by atoms with E-state index in [-0.39, 0.29) is 0 Å². The van der Waals surface area contributed by atoms with Crippen LogP contribution in [0.25, 0.3) is 0 Å². The molecule has 0 aliphatic heterocycles. The third-order valence-corrected chi connectivity index (χ3v) is 2.23. The first-order valence-corrected chi connectivity index (χ1v) is 5.56. The molecular weight excluding hydrogens is 230 g/mol. The smallest absolute Gasteiger partial charge is 0.213 e. The summed E-state index contributed by atoms with van der Waals surface area (Å²) < 4.78 is 5.25. The molecule has 0 saturated carbocycles. The van der Waals surface area contributed by atoms with Crippen LogP contribution < -0.4 is 21.5 Å². The van der Waals surface area contributed by atoms with E-state index in [2.05, 4.69) is 15.3 Å². The zero-order chi connectivity index (χ0) is 13.0. The first-order valence-electron chi connectivity index (χ1n) is 5.56. The molecule has 2 aromatic heterocycles. The van der Waals surface area contributed by atoms with Crippen LogP contribution in [0.1, 0.15) is 6.92 Å². The van der Waals surface area contributed by atoms with E-state index < -0.39 is 0 Å². The standard InChI is InChI=1S/C12H15N5O/c1-2-18-11-4-3-9(7-15-11)17-12-10(14)5-8(13)6-16-12/h3-7H,2,13-14H2,1H3,(H,16,17). The van der Waals surface area contributed by atoms with Crippen molar-refractivity contribution in [2.24, 2.45) is 0 Å². The summed E-state index contributed by atoms with van der Waals surface area (Å²) in [5.41, 5.74) is 13.2.